The molecule has 98 valence electrons. The summed E-state index contributed by atoms with van der Waals surface area (Å²) in [5.41, 5.74) is 1.18. The van der Waals surface area contributed by atoms with Gasteiger partial charge in [0.1, 0.15) is 12.4 Å². The number of aromatic carboxylic acids is 1. The van der Waals surface area contributed by atoms with E-state index in [2.05, 4.69) is 16.9 Å². The minimum absolute atomic E-state index is 0.0673. The van der Waals surface area contributed by atoms with E-state index in [9.17, 15) is 4.79 Å². The van der Waals surface area contributed by atoms with Crippen LogP contribution in [0.1, 0.15) is 28.7 Å². The highest BCUT2D eigenvalue weighted by Crippen LogP contribution is 2.19. The molecular weight excluding hydrogens is 244 g/mol. The van der Waals surface area contributed by atoms with Crippen LogP contribution < -0.4 is 4.74 Å². The molecule has 5 nitrogen and oxygen atoms in total. The number of ether oxygens (including phenoxy) is 1. The molecule has 0 saturated heterocycles. The largest absolute Gasteiger partial charge is 0.485 e. The third-order valence-electron chi connectivity index (χ3n) is 2.66. The summed E-state index contributed by atoms with van der Waals surface area (Å²) in [4.78, 5) is 18.6. The second kappa shape index (κ2) is 5.95. The van der Waals surface area contributed by atoms with Gasteiger partial charge in [-0.15, -0.1) is 0 Å². The average Bonchev–Trinajstić information content (AvgIpc) is 2.45. The summed E-state index contributed by atoms with van der Waals surface area (Å²) in [5.74, 6) is 0.218. The van der Waals surface area contributed by atoms with Gasteiger partial charge in [0.25, 0.3) is 0 Å². The van der Waals surface area contributed by atoms with Crippen LogP contribution in [0.25, 0.3) is 0 Å². The maximum atomic E-state index is 10.7. The molecule has 0 aliphatic carbocycles. The van der Waals surface area contributed by atoms with Gasteiger partial charge in [0.05, 0.1) is 5.56 Å². The molecule has 0 atom stereocenters. The van der Waals surface area contributed by atoms with E-state index in [1.807, 2.05) is 24.3 Å². The van der Waals surface area contributed by atoms with Gasteiger partial charge in [-0.05, 0) is 18.1 Å². The van der Waals surface area contributed by atoms with Crippen LogP contribution in [0, 0.1) is 0 Å². The fraction of sp³-hybridized carbons (Fsp3) is 0.214. The number of carboxylic acids is 1. The van der Waals surface area contributed by atoms with Crippen molar-refractivity contribution in [1.29, 1.82) is 0 Å². The fourth-order valence-corrected chi connectivity index (χ4v) is 1.62. The Balaban J connectivity index is 2.04. The van der Waals surface area contributed by atoms with Gasteiger partial charge in [-0.1, -0.05) is 25.1 Å². The lowest BCUT2D eigenvalue weighted by atomic mass is 10.1. The molecule has 0 spiro atoms. The molecule has 0 bridgehead atoms. The van der Waals surface area contributed by atoms with Crippen LogP contribution in [0.5, 0.6) is 5.75 Å². The topological polar surface area (TPSA) is 72.3 Å². The first-order valence-electron chi connectivity index (χ1n) is 5.95. The highest BCUT2D eigenvalue weighted by atomic mass is 16.5. The number of aromatic nitrogens is 2. The molecule has 0 saturated carbocycles. The number of benzene rings is 1. The molecule has 2 aromatic rings. The molecule has 0 fully saturated rings. The zero-order chi connectivity index (χ0) is 13.7. The van der Waals surface area contributed by atoms with Crippen molar-refractivity contribution >= 4 is 5.97 Å². The fourth-order valence-electron chi connectivity index (χ4n) is 1.62. The van der Waals surface area contributed by atoms with E-state index in [0.29, 0.717) is 5.82 Å². The maximum absolute atomic E-state index is 10.7. The standard InChI is InChI=1S/C14H14N2O3/c1-2-10-5-3-4-6-12(10)19-9-13-15-7-11(8-16-13)14(17)18/h3-8H,2,9H2,1H3,(H,17,18). The number of hydrogen-bond donors (Lipinski definition) is 1. The van der Waals surface area contributed by atoms with Crippen LogP contribution in [0.2, 0.25) is 0 Å². The Bertz CT molecular complexity index is 567. The molecule has 1 aromatic heterocycles. The van der Waals surface area contributed by atoms with E-state index in [0.717, 1.165) is 17.7 Å². The Morgan fingerprint density at radius 3 is 2.58 bits per heavy atom. The Morgan fingerprint density at radius 2 is 1.95 bits per heavy atom. The molecule has 5 heteroatoms. The lowest BCUT2D eigenvalue weighted by Gasteiger charge is -2.09. The van der Waals surface area contributed by atoms with Gasteiger partial charge in [-0.3, -0.25) is 0 Å². The van der Waals surface area contributed by atoms with E-state index in [4.69, 9.17) is 9.84 Å². The van der Waals surface area contributed by atoms with E-state index >= 15 is 0 Å². The van der Waals surface area contributed by atoms with Crippen molar-refractivity contribution in [3.05, 3.63) is 53.6 Å². The molecule has 1 aromatic carbocycles. The summed E-state index contributed by atoms with van der Waals surface area (Å²) in [6, 6.07) is 7.76. The van der Waals surface area contributed by atoms with Crippen LogP contribution >= 0.6 is 0 Å². The normalized spacial score (nSPS) is 10.2. The summed E-state index contributed by atoms with van der Waals surface area (Å²) in [6.07, 6.45) is 3.44. The van der Waals surface area contributed by atoms with E-state index in [1.165, 1.54) is 12.4 Å². The van der Waals surface area contributed by atoms with Crippen LogP contribution in [0.15, 0.2) is 36.7 Å². The second-order valence-corrected chi connectivity index (χ2v) is 3.94. The van der Waals surface area contributed by atoms with Gasteiger partial charge in [0.2, 0.25) is 0 Å². The maximum Gasteiger partial charge on any atom is 0.338 e. The Kier molecular flexibility index (Phi) is 4.07. The molecule has 0 aliphatic heterocycles. The Hall–Kier alpha value is -2.43. The first-order chi connectivity index (χ1) is 9.20. The molecule has 1 heterocycles. The smallest absolute Gasteiger partial charge is 0.338 e. The summed E-state index contributed by atoms with van der Waals surface area (Å²) in [6.45, 7) is 2.28. The van der Waals surface area contributed by atoms with Gasteiger partial charge < -0.3 is 9.84 Å². The molecule has 2 rings (SSSR count). The first-order valence-corrected chi connectivity index (χ1v) is 5.95. The minimum atomic E-state index is -1.04. The quantitative estimate of drug-likeness (QED) is 0.891. The zero-order valence-electron chi connectivity index (χ0n) is 10.5. The number of para-hydroxylation sites is 1. The van der Waals surface area contributed by atoms with Crippen molar-refractivity contribution in [1.82, 2.24) is 9.97 Å². The lowest BCUT2D eigenvalue weighted by Crippen LogP contribution is -2.05. The molecule has 0 unspecified atom stereocenters. The van der Waals surface area contributed by atoms with Crippen LogP contribution in [0.4, 0.5) is 0 Å². The zero-order valence-corrected chi connectivity index (χ0v) is 10.5. The van der Waals surface area contributed by atoms with Crippen molar-refractivity contribution in [2.45, 2.75) is 20.0 Å². The highest BCUT2D eigenvalue weighted by Gasteiger charge is 2.06. The summed E-state index contributed by atoms with van der Waals surface area (Å²) < 4.78 is 5.64. The number of carboxylic acid groups (broad SMARTS) is 1. The predicted molar refractivity (Wildman–Crippen MR) is 69.1 cm³/mol. The second-order valence-electron chi connectivity index (χ2n) is 3.94. The third-order valence-corrected chi connectivity index (χ3v) is 2.66. The van der Waals surface area contributed by atoms with Crippen molar-refractivity contribution in [2.75, 3.05) is 0 Å². The van der Waals surface area contributed by atoms with Crippen LogP contribution in [-0.4, -0.2) is 21.0 Å². The van der Waals surface area contributed by atoms with Crippen LogP contribution in [0.3, 0.4) is 0 Å². The molecular formula is C14H14N2O3. The molecule has 0 amide bonds. The van der Waals surface area contributed by atoms with Crippen molar-refractivity contribution in [3.63, 3.8) is 0 Å². The van der Waals surface area contributed by atoms with Gasteiger partial charge in [-0.25, -0.2) is 14.8 Å². The predicted octanol–water partition coefficient (Wildman–Crippen LogP) is 2.32. The first kappa shape index (κ1) is 13.0. The van der Waals surface area contributed by atoms with Gasteiger partial charge in [-0.2, -0.15) is 0 Å². The minimum Gasteiger partial charge on any atom is -0.485 e. The third kappa shape index (κ3) is 3.28. The summed E-state index contributed by atoms with van der Waals surface area (Å²) >= 11 is 0. The number of nitrogens with zero attached hydrogens (tertiary/aromatic N) is 2. The van der Waals surface area contributed by atoms with Gasteiger partial charge in [0.15, 0.2) is 5.82 Å². The van der Waals surface area contributed by atoms with Crippen molar-refractivity contribution < 1.29 is 14.6 Å². The average molecular weight is 258 g/mol. The van der Waals surface area contributed by atoms with E-state index in [1.54, 1.807) is 0 Å². The number of aryl methyl sites for hydroxylation is 1. The monoisotopic (exact) mass is 258 g/mol. The number of hydrogen-bond acceptors (Lipinski definition) is 4. The lowest BCUT2D eigenvalue weighted by molar-refractivity contribution is 0.0695. The molecule has 0 radical (unpaired) electrons. The molecule has 19 heavy (non-hydrogen) atoms. The van der Waals surface area contributed by atoms with Crippen LogP contribution in [-0.2, 0) is 13.0 Å². The Morgan fingerprint density at radius 1 is 1.26 bits per heavy atom. The van der Waals surface area contributed by atoms with Crippen molar-refractivity contribution in [2.24, 2.45) is 0 Å². The highest BCUT2D eigenvalue weighted by molar-refractivity contribution is 5.86. The molecule has 0 aliphatic rings. The number of carbonyl (C=O) groups is 1. The number of rotatable bonds is 5. The van der Waals surface area contributed by atoms with Gasteiger partial charge in [0, 0.05) is 12.4 Å². The van der Waals surface area contributed by atoms with E-state index in [-0.39, 0.29) is 12.2 Å². The SMILES string of the molecule is CCc1ccccc1OCc1ncc(C(=O)O)cn1. The molecule has 1 N–H and O–H groups in total. The van der Waals surface area contributed by atoms with E-state index < -0.39 is 5.97 Å². The Labute approximate surface area is 110 Å². The summed E-state index contributed by atoms with van der Waals surface area (Å²) in [7, 11) is 0. The summed E-state index contributed by atoms with van der Waals surface area (Å²) in [5, 5.41) is 8.74. The van der Waals surface area contributed by atoms with Gasteiger partial charge >= 0.3 is 5.97 Å². The van der Waals surface area contributed by atoms with Crippen molar-refractivity contribution in [3.8, 4) is 5.75 Å².